The molecule has 0 atom stereocenters. The Bertz CT molecular complexity index is 601. The van der Waals surface area contributed by atoms with Gasteiger partial charge in [0, 0.05) is 30.6 Å². The molecule has 18 heavy (non-hydrogen) atoms. The summed E-state index contributed by atoms with van der Waals surface area (Å²) in [6, 6.07) is 3.87. The van der Waals surface area contributed by atoms with E-state index in [9.17, 15) is 0 Å². The van der Waals surface area contributed by atoms with Crippen LogP contribution in [0.25, 0.3) is 11.3 Å². The second-order valence-electron chi connectivity index (χ2n) is 3.73. The molecule has 0 unspecified atom stereocenters. The van der Waals surface area contributed by atoms with Crippen LogP contribution in [0.1, 0.15) is 18.1 Å². The first kappa shape index (κ1) is 12.0. The van der Waals surface area contributed by atoms with Crippen LogP contribution in [0.3, 0.4) is 0 Å². The van der Waals surface area contributed by atoms with Crippen LogP contribution < -0.4 is 5.32 Å². The number of rotatable bonds is 3. The standard InChI is InChI=1S/C13H13N5/c1-3-11-12(17-8-18-13(11)15-2)10-4-9(5-14)6-16-7-10/h4,6-8H,3H2,1-2H3,(H,15,17,18). The fourth-order valence-corrected chi connectivity index (χ4v) is 1.84. The molecule has 0 spiro atoms. The van der Waals surface area contributed by atoms with Crippen molar-refractivity contribution in [3.63, 3.8) is 0 Å². The maximum atomic E-state index is 8.90. The van der Waals surface area contributed by atoms with Gasteiger partial charge in [-0.3, -0.25) is 4.98 Å². The predicted molar refractivity (Wildman–Crippen MR) is 68.9 cm³/mol. The van der Waals surface area contributed by atoms with Gasteiger partial charge in [-0.2, -0.15) is 5.26 Å². The van der Waals surface area contributed by atoms with E-state index in [2.05, 4.69) is 26.3 Å². The molecule has 0 saturated heterocycles. The van der Waals surface area contributed by atoms with Gasteiger partial charge in [-0.1, -0.05) is 6.92 Å². The summed E-state index contributed by atoms with van der Waals surface area (Å²) in [6.07, 6.45) is 5.57. The summed E-state index contributed by atoms with van der Waals surface area (Å²) in [4.78, 5) is 12.6. The van der Waals surface area contributed by atoms with Gasteiger partial charge in [0.1, 0.15) is 18.2 Å². The molecule has 0 fully saturated rings. The SMILES string of the molecule is CCc1c(NC)ncnc1-c1cncc(C#N)c1. The van der Waals surface area contributed by atoms with E-state index in [1.165, 1.54) is 12.5 Å². The minimum Gasteiger partial charge on any atom is -0.373 e. The maximum absolute atomic E-state index is 8.90. The average Bonchev–Trinajstić information content (AvgIpc) is 2.46. The summed E-state index contributed by atoms with van der Waals surface area (Å²) in [5.74, 6) is 0.810. The number of nitriles is 1. The molecule has 2 rings (SSSR count). The molecule has 0 aliphatic rings. The summed E-state index contributed by atoms with van der Waals surface area (Å²) in [5.41, 5.74) is 3.21. The lowest BCUT2D eigenvalue weighted by Gasteiger charge is -2.10. The third kappa shape index (κ3) is 2.13. The molecule has 2 heterocycles. The molecule has 90 valence electrons. The molecule has 0 bridgehead atoms. The van der Waals surface area contributed by atoms with Crippen LogP contribution in [-0.4, -0.2) is 22.0 Å². The van der Waals surface area contributed by atoms with Crippen molar-refractivity contribution in [2.45, 2.75) is 13.3 Å². The zero-order chi connectivity index (χ0) is 13.0. The van der Waals surface area contributed by atoms with Gasteiger partial charge in [-0.15, -0.1) is 0 Å². The Balaban J connectivity index is 2.60. The molecule has 2 aromatic rings. The normalized spacial score (nSPS) is 9.83. The minimum atomic E-state index is 0.527. The van der Waals surface area contributed by atoms with Gasteiger partial charge in [-0.05, 0) is 12.5 Å². The lowest BCUT2D eigenvalue weighted by Crippen LogP contribution is -2.02. The number of aromatic nitrogens is 3. The van der Waals surface area contributed by atoms with Crippen molar-refractivity contribution >= 4 is 5.82 Å². The summed E-state index contributed by atoms with van der Waals surface area (Å²) in [7, 11) is 1.83. The van der Waals surface area contributed by atoms with Gasteiger partial charge in [0.2, 0.25) is 0 Å². The van der Waals surface area contributed by atoms with Crippen LogP contribution in [0.5, 0.6) is 0 Å². The Morgan fingerprint density at radius 1 is 1.33 bits per heavy atom. The number of anilines is 1. The van der Waals surface area contributed by atoms with E-state index >= 15 is 0 Å². The van der Waals surface area contributed by atoms with E-state index < -0.39 is 0 Å². The molecular weight excluding hydrogens is 226 g/mol. The molecular formula is C13H13N5. The monoisotopic (exact) mass is 239 g/mol. The van der Waals surface area contributed by atoms with Crippen molar-refractivity contribution in [3.05, 3.63) is 35.9 Å². The number of hydrogen-bond acceptors (Lipinski definition) is 5. The molecule has 0 saturated carbocycles. The third-order valence-corrected chi connectivity index (χ3v) is 2.68. The molecule has 1 N–H and O–H groups in total. The molecule has 2 aromatic heterocycles. The van der Waals surface area contributed by atoms with E-state index in [-0.39, 0.29) is 0 Å². The Morgan fingerprint density at radius 2 is 2.17 bits per heavy atom. The Hall–Kier alpha value is -2.48. The van der Waals surface area contributed by atoms with Crippen LogP contribution in [0, 0.1) is 11.3 Å². The second-order valence-corrected chi connectivity index (χ2v) is 3.73. The van der Waals surface area contributed by atoms with Gasteiger partial charge in [0.05, 0.1) is 11.3 Å². The lowest BCUT2D eigenvalue weighted by atomic mass is 10.0. The van der Waals surface area contributed by atoms with Crippen molar-refractivity contribution in [2.75, 3.05) is 12.4 Å². The Labute approximate surface area is 106 Å². The number of nitrogens with zero attached hydrogens (tertiary/aromatic N) is 4. The second kappa shape index (κ2) is 5.23. The summed E-state index contributed by atoms with van der Waals surface area (Å²) in [5, 5.41) is 11.9. The van der Waals surface area contributed by atoms with Crippen LogP contribution >= 0.6 is 0 Å². The molecule has 0 aliphatic heterocycles. The highest BCUT2D eigenvalue weighted by atomic mass is 15.0. The van der Waals surface area contributed by atoms with Crippen molar-refractivity contribution < 1.29 is 0 Å². The topological polar surface area (TPSA) is 74.5 Å². The number of pyridine rings is 1. The summed E-state index contributed by atoms with van der Waals surface area (Å²) < 4.78 is 0. The largest absolute Gasteiger partial charge is 0.373 e. The number of hydrogen-bond donors (Lipinski definition) is 1. The predicted octanol–water partition coefficient (Wildman–Crippen LogP) is 2.01. The third-order valence-electron chi connectivity index (χ3n) is 2.68. The van der Waals surface area contributed by atoms with Gasteiger partial charge < -0.3 is 5.32 Å². The van der Waals surface area contributed by atoms with Crippen LogP contribution in [0.2, 0.25) is 0 Å². The number of nitrogens with one attached hydrogen (secondary N) is 1. The van der Waals surface area contributed by atoms with Crippen LogP contribution in [-0.2, 0) is 6.42 Å². The molecule has 0 aliphatic carbocycles. The highest BCUT2D eigenvalue weighted by Gasteiger charge is 2.11. The smallest absolute Gasteiger partial charge is 0.132 e. The summed E-state index contributed by atoms with van der Waals surface area (Å²) >= 11 is 0. The minimum absolute atomic E-state index is 0.527. The molecule has 0 amide bonds. The van der Waals surface area contributed by atoms with Crippen molar-refractivity contribution in [2.24, 2.45) is 0 Å². The van der Waals surface area contributed by atoms with Crippen LogP contribution in [0.15, 0.2) is 24.8 Å². The van der Waals surface area contributed by atoms with Gasteiger partial charge in [0.25, 0.3) is 0 Å². The van der Waals surface area contributed by atoms with Gasteiger partial charge >= 0.3 is 0 Å². The highest BCUT2D eigenvalue weighted by Crippen LogP contribution is 2.25. The average molecular weight is 239 g/mol. The van der Waals surface area contributed by atoms with Crippen molar-refractivity contribution in [1.82, 2.24) is 15.0 Å². The molecule has 0 aromatic carbocycles. The first-order valence-corrected chi connectivity index (χ1v) is 5.67. The quantitative estimate of drug-likeness (QED) is 0.886. The fraction of sp³-hybridized carbons (Fsp3) is 0.231. The van der Waals surface area contributed by atoms with Crippen molar-refractivity contribution in [1.29, 1.82) is 5.26 Å². The fourth-order valence-electron chi connectivity index (χ4n) is 1.84. The maximum Gasteiger partial charge on any atom is 0.132 e. The first-order chi connectivity index (χ1) is 8.80. The molecule has 5 nitrogen and oxygen atoms in total. The first-order valence-electron chi connectivity index (χ1n) is 5.67. The van der Waals surface area contributed by atoms with E-state index in [1.54, 1.807) is 12.3 Å². The van der Waals surface area contributed by atoms with Crippen LogP contribution in [0.4, 0.5) is 5.82 Å². The van der Waals surface area contributed by atoms with Crippen molar-refractivity contribution in [3.8, 4) is 17.3 Å². The molecule has 5 heteroatoms. The van der Waals surface area contributed by atoms with Gasteiger partial charge in [0.15, 0.2) is 0 Å². The molecule has 0 radical (unpaired) electrons. The van der Waals surface area contributed by atoms with Gasteiger partial charge in [-0.25, -0.2) is 9.97 Å². The summed E-state index contributed by atoms with van der Waals surface area (Å²) in [6.45, 7) is 2.05. The van der Waals surface area contributed by atoms with E-state index in [0.29, 0.717) is 5.56 Å². The van der Waals surface area contributed by atoms with E-state index in [4.69, 9.17) is 5.26 Å². The lowest BCUT2D eigenvalue weighted by molar-refractivity contribution is 1.05. The zero-order valence-electron chi connectivity index (χ0n) is 10.3. The zero-order valence-corrected chi connectivity index (χ0v) is 10.3. The van der Waals surface area contributed by atoms with E-state index in [0.717, 1.165) is 29.1 Å². The Morgan fingerprint density at radius 3 is 2.83 bits per heavy atom. The highest BCUT2D eigenvalue weighted by molar-refractivity contribution is 5.68. The van der Waals surface area contributed by atoms with E-state index in [1.807, 2.05) is 14.0 Å². The Kier molecular flexibility index (Phi) is 3.49.